The van der Waals surface area contributed by atoms with E-state index in [-0.39, 0.29) is 0 Å². The Morgan fingerprint density at radius 3 is 2.56 bits per heavy atom. The molecular weight excluding hydrogens is 207 g/mol. The van der Waals surface area contributed by atoms with E-state index < -0.39 is 5.82 Å². The van der Waals surface area contributed by atoms with Crippen molar-refractivity contribution in [1.82, 2.24) is 9.97 Å². The second kappa shape index (κ2) is 6.01. The molecule has 1 rings (SSSR count). The molecule has 0 radical (unpaired) electrons. The third-order valence-corrected chi connectivity index (χ3v) is 1.97. The molecule has 0 fully saturated rings. The Bertz CT molecular complexity index is 355. The van der Waals surface area contributed by atoms with Gasteiger partial charge in [0, 0.05) is 13.1 Å². The van der Waals surface area contributed by atoms with Crippen molar-refractivity contribution in [3.05, 3.63) is 18.2 Å². The van der Waals surface area contributed by atoms with Crippen molar-refractivity contribution in [3.8, 4) is 6.07 Å². The molecule has 1 aromatic heterocycles. The van der Waals surface area contributed by atoms with E-state index in [2.05, 4.69) is 29.9 Å². The highest BCUT2D eigenvalue weighted by Gasteiger charge is 2.10. The van der Waals surface area contributed by atoms with Gasteiger partial charge in [-0.2, -0.15) is 5.26 Å². The lowest BCUT2D eigenvalue weighted by molar-refractivity contribution is 0.589. The van der Waals surface area contributed by atoms with Crippen molar-refractivity contribution >= 4 is 5.95 Å². The predicted octanol–water partition coefficient (Wildman–Crippen LogP) is 1.99. The highest BCUT2D eigenvalue weighted by Crippen LogP contribution is 2.09. The molecule has 0 amide bonds. The van der Waals surface area contributed by atoms with E-state index >= 15 is 0 Å². The van der Waals surface area contributed by atoms with Crippen LogP contribution in [0.3, 0.4) is 0 Å². The van der Waals surface area contributed by atoms with Gasteiger partial charge in [0.2, 0.25) is 5.95 Å². The fraction of sp³-hybridized carbons (Fsp3) is 0.545. The molecule has 0 unspecified atom stereocenters. The number of aromatic nitrogens is 2. The lowest BCUT2D eigenvalue weighted by atomic mass is 10.2. The minimum atomic E-state index is -0.450. The minimum Gasteiger partial charge on any atom is -0.340 e. The number of hydrogen-bond donors (Lipinski definition) is 0. The van der Waals surface area contributed by atoms with Crippen LogP contribution in [0, 0.1) is 23.1 Å². The first-order valence-corrected chi connectivity index (χ1v) is 5.23. The predicted molar refractivity (Wildman–Crippen MR) is 59.3 cm³/mol. The van der Waals surface area contributed by atoms with Gasteiger partial charge in [0.05, 0.1) is 24.9 Å². The zero-order valence-corrected chi connectivity index (χ0v) is 9.52. The van der Waals surface area contributed by atoms with E-state index in [9.17, 15) is 4.39 Å². The zero-order valence-electron chi connectivity index (χ0n) is 9.52. The van der Waals surface area contributed by atoms with Gasteiger partial charge in [-0.25, -0.2) is 14.4 Å². The van der Waals surface area contributed by atoms with E-state index in [4.69, 9.17) is 5.26 Å². The van der Waals surface area contributed by atoms with E-state index in [1.165, 1.54) is 0 Å². The molecule has 0 bridgehead atoms. The van der Waals surface area contributed by atoms with Gasteiger partial charge in [0.1, 0.15) is 0 Å². The van der Waals surface area contributed by atoms with Crippen LogP contribution in [-0.2, 0) is 0 Å². The quantitative estimate of drug-likeness (QED) is 0.764. The summed E-state index contributed by atoms with van der Waals surface area (Å²) in [5, 5.41) is 8.56. The molecule has 1 heterocycles. The molecule has 0 aliphatic heterocycles. The van der Waals surface area contributed by atoms with E-state index in [0.717, 1.165) is 18.9 Å². The van der Waals surface area contributed by atoms with E-state index in [0.29, 0.717) is 24.8 Å². The molecule has 0 aromatic carbocycles. The molecule has 86 valence electrons. The highest BCUT2D eigenvalue weighted by atomic mass is 19.1. The van der Waals surface area contributed by atoms with Gasteiger partial charge >= 0.3 is 0 Å². The van der Waals surface area contributed by atoms with Gasteiger partial charge in [0.25, 0.3) is 0 Å². The van der Waals surface area contributed by atoms with Crippen LogP contribution in [0.25, 0.3) is 0 Å². The van der Waals surface area contributed by atoms with Gasteiger partial charge in [-0.05, 0) is 5.92 Å². The monoisotopic (exact) mass is 222 g/mol. The first-order valence-electron chi connectivity index (χ1n) is 5.23. The largest absolute Gasteiger partial charge is 0.340 e. The van der Waals surface area contributed by atoms with Crippen LogP contribution in [0.15, 0.2) is 12.4 Å². The molecule has 16 heavy (non-hydrogen) atoms. The number of hydrogen-bond acceptors (Lipinski definition) is 4. The van der Waals surface area contributed by atoms with Crippen molar-refractivity contribution in [2.24, 2.45) is 5.92 Å². The second-order valence-corrected chi connectivity index (χ2v) is 3.95. The molecule has 0 N–H and O–H groups in total. The summed E-state index contributed by atoms with van der Waals surface area (Å²) in [5.74, 6) is 0.464. The summed E-state index contributed by atoms with van der Waals surface area (Å²) in [6.07, 6.45) is 2.69. The van der Waals surface area contributed by atoms with Crippen molar-refractivity contribution in [2.75, 3.05) is 18.0 Å². The fourth-order valence-electron chi connectivity index (χ4n) is 1.37. The topological polar surface area (TPSA) is 52.8 Å². The molecule has 0 spiro atoms. The number of rotatable bonds is 5. The van der Waals surface area contributed by atoms with Gasteiger partial charge in [-0.15, -0.1) is 0 Å². The third-order valence-electron chi connectivity index (χ3n) is 1.97. The summed E-state index contributed by atoms with van der Waals surface area (Å²) >= 11 is 0. The van der Waals surface area contributed by atoms with Gasteiger partial charge in [-0.1, -0.05) is 13.8 Å². The molecule has 0 aliphatic rings. The molecule has 0 saturated carbocycles. The highest BCUT2D eigenvalue weighted by molar-refractivity contribution is 5.28. The second-order valence-electron chi connectivity index (χ2n) is 3.95. The molecule has 5 heteroatoms. The molecule has 4 nitrogen and oxygen atoms in total. The Kier molecular flexibility index (Phi) is 4.65. The Morgan fingerprint density at radius 1 is 1.44 bits per heavy atom. The van der Waals surface area contributed by atoms with Crippen LogP contribution < -0.4 is 4.90 Å². The van der Waals surface area contributed by atoms with Crippen molar-refractivity contribution in [3.63, 3.8) is 0 Å². The van der Waals surface area contributed by atoms with Crippen LogP contribution in [0.2, 0.25) is 0 Å². The van der Waals surface area contributed by atoms with Crippen molar-refractivity contribution in [1.29, 1.82) is 5.26 Å². The van der Waals surface area contributed by atoms with Crippen LogP contribution in [0.1, 0.15) is 20.3 Å². The molecule has 0 saturated heterocycles. The molecule has 1 aromatic rings. The van der Waals surface area contributed by atoms with E-state index in [1.807, 2.05) is 4.90 Å². The Hall–Kier alpha value is -1.70. The molecule has 0 atom stereocenters. The number of anilines is 1. The van der Waals surface area contributed by atoms with Gasteiger partial charge < -0.3 is 4.90 Å². The Balaban J connectivity index is 2.75. The third kappa shape index (κ3) is 3.81. The summed E-state index contributed by atoms with van der Waals surface area (Å²) in [6.45, 7) is 5.47. The Labute approximate surface area is 94.7 Å². The van der Waals surface area contributed by atoms with Crippen LogP contribution in [0.5, 0.6) is 0 Å². The van der Waals surface area contributed by atoms with Crippen molar-refractivity contribution < 1.29 is 4.39 Å². The average molecular weight is 222 g/mol. The number of nitrogens with zero attached hydrogens (tertiary/aromatic N) is 4. The lowest BCUT2D eigenvalue weighted by Gasteiger charge is -2.23. The smallest absolute Gasteiger partial charge is 0.225 e. The fourth-order valence-corrected chi connectivity index (χ4v) is 1.37. The summed E-state index contributed by atoms with van der Waals surface area (Å²) in [7, 11) is 0. The number of nitriles is 1. The molecular formula is C11H15FN4. The maximum absolute atomic E-state index is 12.7. The van der Waals surface area contributed by atoms with Crippen LogP contribution in [-0.4, -0.2) is 23.1 Å². The lowest BCUT2D eigenvalue weighted by Crippen LogP contribution is -2.30. The molecule has 0 aliphatic carbocycles. The first kappa shape index (κ1) is 12.4. The Morgan fingerprint density at radius 2 is 2.06 bits per heavy atom. The maximum atomic E-state index is 12.7. The summed E-state index contributed by atoms with van der Waals surface area (Å²) < 4.78 is 12.7. The minimum absolute atomic E-state index is 0.410. The van der Waals surface area contributed by atoms with Gasteiger partial charge in [-0.3, -0.25) is 0 Å². The van der Waals surface area contributed by atoms with Crippen LogP contribution >= 0.6 is 0 Å². The summed E-state index contributed by atoms with van der Waals surface area (Å²) in [4.78, 5) is 9.73. The SMILES string of the molecule is CC(C)CN(CCC#N)c1ncc(F)cn1. The van der Waals surface area contributed by atoms with Crippen LogP contribution in [0.4, 0.5) is 10.3 Å². The first-order chi connectivity index (χ1) is 7.63. The maximum Gasteiger partial charge on any atom is 0.225 e. The zero-order chi connectivity index (χ0) is 12.0. The standard InChI is InChI=1S/C11H15FN4/c1-9(2)8-16(5-3-4-13)11-14-6-10(12)7-15-11/h6-7,9H,3,5,8H2,1-2H3. The summed E-state index contributed by atoms with van der Waals surface area (Å²) in [6, 6.07) is 2.08. The number of halogens is 1. The average Bonchev–Trinajstić information content (AvgIpc) is 2.25. The van der Waals surface area contributed by atoms with E-state index in [1.54, 1.807) is 0 Å². The van der Waals surface area contributed by atoms with Gasteiger partial charge in [0.15, 0.2) is 5.82 Å². The summed E-state index contributed by atoms with van der Waals surface area (Å²) in [5.41, 5.74) is 0. The van der Waals surface area contributed by atoms with Crippen molar-refractivity contribution in [2.45, 2.75) is 20.3 Å². The normalized spacial score (nSPS) is 10.2.